The van der Waals surface area contributed by atoms with E-state index in [-0.39, 0.29) is 11.7 Å². The molecular formula is C12H13F4N. The molecule has 5 heteroatoms. The van der Waals surface area contributed by atoms with Gasteiger partial charge >= 0.3 is 6.18 Å². The maximum atomic E-state index is 13.4. The number of hydrogen-bond donors (Lipinski definition) is 1. The summed E-state index contributed by atoms with van der Waals surface area (Å²) in [5.74, 6) is -0.634. The van der Waals surface area contributed by atoms with Gasteiger partial charge in [0, 0.05) is 6.04 Å². The molecule has 1 fully saturated rings. The first-order valence-electron chi connectivity index (χ1n) is 5.60. The molecule has 17 heavy (non-hydrogen) atoms. The van der Waals surface area contributed by atoms with Crippen LogP contribution in [0.5, 0.6) is 0 Å². The SMILES string of the molecule is Fc1ccc(C(F)(F)F)cc1NC1CCCC1. The zero-order valence-corrected chi connectivity index (χ0v) is 9.15. The van der Waals surface area contributed by atoms with Gasteiger partial charge in [-0.3, -0.25) is 0 Å². The van der Waals surface area contributed by atoms with Crippen LogP contribution in [-0.2, 0) is 6.18 Å². The molecule has 0 spiro atoms. The average Bonchev–Trinajstić information content (AvgIpc) is 2.72. The summed E-state index contributed by atoms with van der Waals surface area (Å²) >= 11 is 0. The van der Waals surface area contributed by atoms with E-state index in [1.54, 1.807) is 0 Å². The molecule has 0 amide bonds. The molecule has 1 aromatic carbocycles. The van der Waals surface area contributed by atoms with Gasteiger partial charge in [0.1, 0.15) is 5.82 Å². The second-order valence-electron chi connectivity index (χ2n) is 4.32. The third kappa shape index (κ3) is 2.90. The summed E-state index contributed by atoms with van der Waals surface area (Å²) in [6.07, 6.45) is -0.582. The highest BCUT2D eigenvalue weighted by Gasteiger charge is 2.31. The van der Waals surface area contributed by atoms with E-state index in [2.05, 4.69) is 5.32 Å². The monoisotopic (exact) mass is 247 g/mol. The number of anilines is 1. The van der Waals surface area contributed by atoms with Crippen molar-refractivity contribution in [2.75, 3.05) is 5.32 Å². The molecule has 1 aliphatic rings. The predicted octanol–water partition coefficient (Wildman–Crippen LogP) is 4.20. The summed E-state index contributed by atoms with van der Waals surface area (Å²) in [5.41, 5.74) is -0.869. The van der Waals surface area contributed by atoms with Crippen LogP contribution >= 0.6 is 0 Å². The maximum Gasteiger partial charge on any atom is 0.416 e. The number of alkyl halides is 3. The van der Waals surface area contributed by atoms with Crippen molar-refractivity contribution in [1.82, 2.24) is 0 Å². The molecule has 0 atom stereocenters. The summed E-state index contributed by atoms with van der Waals surface area (Å²) in [6.45, 7) is 0. The molecule has 0 unspecified atom stereocenters. The highest BCUT2D eigenvalue weighted by Crippen LogP contribution is 2.32. The molecule has 0 saturated heterocycles. The standard InChI is InChI=1S/C12H13F4N/c13-10-6-5-8(12(14,15)16)7-11(10)17-9-3-1-2-4-9/h5-7,9,17H,1-4H2. The van der Waals surface area contributed by atoms with Gasteiger partial charge in [0.2, 0.25) is 0 Å². The first-order chi connectivity index (χ1) is 7.97. The second kappa shape index (κ2) is 4.55. The number of halogens is 4. The third-order valence-electron chi connectivity index (χ3n) is 3.01. The van der Waals surface area contributed by atoms with E-state index in [0.717, 1.165) is 43.9 Å². The number of benzene rings is 1. The van der Waals surface area contributed by atoms with Crippen molar-refractivity contribution < 1.29 is 17.6 Å². The Morgan fingerprint density at radius 2 is 1.76 bits per heavy atom. The van der Waals surface area contributed by atoms with Gasteiger partial charge < -0.3 is 5.32 Å². The van der Waals surface area contributed by atoms with Gasteiger partial charge in [-0.25, -0.2) is 4.39 Å². The maximum absolute atomic E-state index is 13.4. The van der Waals surface area contributed by atoms with E-state index in [4.69, 9.17) is 0 Å². The molecule has 0 heterocycles. The van der Waals surface area contributed by atoms with Crippen molar-refractivity contribution in [2.24, 2.45) is 0 Å². The van der Waals surface area contributed by atoms with Gasteiger partial charge in [0.25, 0.3) is 0 Å². The lowest BCUT2D eigenvalue weighted by atomic mass is 10.1. The molecule has 1 nitrogen and oxygen atoms in total. The summed E-state index contributed by atoms with van der Waals surface area (Å²) in [6, 6.07) is 2.55. The van der Waals surface area contributed by atoms with E-state index in [0.29, 0.717) is 0 Å². The molecule has 0 aromatic heterocycles. The van der Waals surface area contributed by atoms with Crippen LogP contribution in [0.2, 0.25) is 0 Å². The minimum absolute atomic E-state index is 0.0493. The van der Waals surface area contributed by atoms with Crippen LogP contribution in [0.3, 0.4) is 0 Å². The van der Waals surface area contributed by atoms with Crippen molar-refractivity contribution in [3.63, 3.8) is 0 Å². The van der Waals surface area contributed by atoms with Gasteiger partial charge in [-0.1, -0.05) is 12.8 Å². The average molecular weight is 247 g/mol. The van der Waals surface area contributed by atoms with Gasteiger partial charge in [-0.2, -0.15) is 13.2 Å². The molecule has 1 aromatic rings. The highest BCUT2D eigenvalue weighted by atomic mass is 19.4. The van der Waals surface area contributed by atoms with Crippen molar-refractivity contribution in [2.45, 2.75) is 37.9 Å². The quantitative estimate of drug-likeness (QED) is 0.772. The van der Waals surface area contributed by atoms with Crippen molar-refractivity contribution in [3.05, 3.63) is 29.6 Å². The molecule has 94 valence electrons. The summed E-state index contributed by atoms with van der Waals surface area (Å²) in [5, 5.41) is 2.85. The van der Waals surface area contributed by atoms with E-state index < -0.39 is 17.6 Å². The number of hydrogen-bond acceptors (Lipinski definition) is 1. The summed E-state index contributed by atoms with van der Waals surface area (Å²) < 4.78 is 50.8. The van der Waals surface area contributed by atoms with Crippen molar-refractivity contribution in [3.8, 4) is 0 Å². The van der Waals surface area contributed by atoms with Crippen LogP contribution in [0.15, 0.2) is 18.2 Å². The third-order valence-corrected chi connectivity index (χ3v) is 3.01. The largest absolute Gasteiger partial charge is 0.416 e. The lowest BCUT2D eigenvalue weighted by Crippen LogP contribution is -2.16. The van der Waals surface area contributed by atoms with Crippen LogP contribution < -0.4 is 5.32 Å². The molecule has 1 saturated carbocycles. The van der Waals surface area contributed by atoms with E-state index in [9.17, 15) is 17.6 Å². The Morgan fingerprint density at radius 1 is 1.12 bits per heavy atom. The molecule has 0 aliphatic heterocycles. The lowest BCUT2D eigenvalue weighted by Gasteiger charge is -2.16. The van der Waals surface area contributed by atoms with E-state index >= 15 is 0 Å². The second-order valence-corrected chi connectivity index (χ2v) is 4.32. The van der Waals surface area contributed by atoms with E-state index in [1.165, 1.54) is 0 Å². The first kappa shape index (κ1) is 12.2. The molecule has 0 radical (unpaired) electrons. The van der Waals surface area contributed by atoms with Crippen molar-refractivity contribution >= 4 is 5.69 Å². The Kier molecular flexibility index (Phi) is 3.26. The van der Waals surface area contributed by atoms with Gasteiger partial charge in [-0.05, 0) is 31.0 Å². The normalized spacial score (nSPS) is 17.4. The van der Waals surface area contributed by atoms with Gasteiger partial charge in [-0.15, -0.1) is 0 Å². The summed E-state index contributed by atoms with van der Waals surface area (Å²) in [4.78, 5) is 0. The smallest absolute Gasteiger partial charge is 0.380 e. The van der Waals surface area contributed by atoms with Crippen molar-refractivity contribution in [1.29, 1.82) is 0 Å². The van der Waals surface area contributed by atoms with Gasteiger partial charge in [0.05, 0.1) is 11.3 Å². The van der Waals surface area contributed by atoms with Crippen LogP contribution in [-0.4, -0.2) is 6.04 Å². The Bertz CT molecular complexity index is 394. The Hall–Kier alpha value is -1.26. The lowest BCUT2D eigenvalue weighted by molar-refractivity contribution is -0.137. The molecule has 1 aliphatic carbocycles. The molecule has 2 rings (SSSR count). The van der Waals surface area contributed by atoms with Crippen LogP contribution in [0.1, 0.15) is 31.2 Å². The Morgan fingerprint density at radius 3 is 2.35 bits per heavy atom. The fraction of sp³-hybridized carbons (Fsp3) is 0.500. The molecule has 1 N–H and O–H groups in total. The summed E-state index contributed by atoms with van der Waals surface area (Å²) in [7, 11) is 0. The van der Waals surface area contributed by atoms with Crippen LogP contribution in [0.4, 0.5) is 23.2 Å². The Balaban J connectivity index is 2.20. The Labute approximate surface area is 96.8 Å². The number of nitrogens with one attached hydrogen (secondary N) is 1. The first-order valence-corrected chi connectivity index (χ1v) is 5.60. The fourth-order valence-corrected chi connectivity index (χ4v) is 2.10. The predicted molar refractivity (Wildman–Crippen MR) is 57.3 cm³/mol. The topological polar surface area (TPSA) is 12.0 Å². The van der Waals surface area contributed by atoms with E-state index in [1.807, 2.05) is 0 Å². The van der Waals surface area contributed by atoms with Crippen LogP contribution in [0, 0.1) is 5.82 Å². The van der Waals surface area contributed by atoms with Crippen LogP contribution in [0.25, 0.3) is 0 Å². The minimum Gasteiger partial charge on any atom is -0.380 e. The fourth-order valence-electron chi connectivity index (χ4n) is 2.10. The van der Waals surface area contributed by atoms with Gasteiger partial charge in [0.15, 0.2) is 0 Å². The molecule has 0 bridgehead atoms. The zero-order valence-electron chi connectivity index (χ0n) is 9.15. The zero-order chi connectivity index (χ0) is 12.5. The molecular weight excluding hydrogens is 234 g/mol. The highest BCUT2D eigenvalue weighted by molar-refractivity contribution is 5.48. The number of rotatable bonds is 2. The minimum atomic E-state index is -4.43.